The molecule has 0 heterocycles. The lowest BCUT2D eigenvalue weighted by Gasteiger charge is -2.19. The maximum atomic E-state index is 11.5. The summed E-state index contributed by atoms with van der Waals surface area (Å²) in [6.45, 7) is 10.8. The zero-order chi connectivity index (χ0) is 11.0. The number of hydrogen-bond acceptors (Lipinski definition) is 1. The molecule has 0 aliphatic heterocycles. The third kappa shape index (κ3) is 5.84. The maximum Gasteiger partial charge on any atom is 0.317 e. The van der Waals surface area contributed by atoms with Crippen LogP contribution in [-0.4, -0.2) is 30.6 Å². The fourth-order valence-electron chi connectivity index (χ4n) is 1.33. The van der Waals surface area contributed by atoms with Crippen molar-refractivity contribution < 1.29 is 4.79 Å². The van der Waals surface area contributed by atoms with Gasteiger partial charge in [-0.05, 0) is 32.6 Å². The van der Waals surface area contributed by atoms with E-state index in [1.807, 2.05) is 13.8 Å². The van der Waals surface area contributed by atoms with E-state index in [2.05, 4.69) is 19.2 Å². The van der Waals surface area contributed by atoms with E-state index in [4.69, 9.17) is 0 Å². The topological polar surface area (TPSA) is 32.3 Å². The Kier molecular flexibility index (Phi) is 7.25. The molecule has 0 spiro atoms. The van der Waals surface area contributed by atoms with Gasteiger partial charge in [0.15, 0.2) is 0 Å². The first-order chi connectivity index (χ1) is 6.61. The number of nitrogens with zero attached hydrogens (tertiary/aromatic N) is 1. The first-order valence-electron chi connectivity index (χ1n) is 5.64. The van der Waals surface area contributed by atoms with Crippen LogP contribution in [0.1, 0.15) is 40.5 Å². The minimum Gasteiger partial charge on any atom is -0.338 e. The molecule has 84 valence electrons. The Bertz CT molecular complexity index is 153. The monoisotopic (exact) mass is 200 g/mol. The minimum atomic E-state index is 0.0683. The largest absolute Gasteiger partial charge is 0.338 e. The number of nitrogens with one attached hydrogen (secondary N) is 1. The Hall–Kier alpha value is -0.730. The quantitative estimate of drug-likeness (QED) is 0.656. The Balaban J connectivity index is 3.52. The predicted molar refractivity (Wildman–Crippen MR) is 60.4 cm³/mol. The molecular formula is C11H24N2O. The SMILES string of the molecule is CCN(CC)C(=O)NCCCC(C)C. The number of rotatable bonds is 6. The molecule has 0 saturated carbocycles. The normalized spacial score (nSPS) is 10.4. The summed E-state index contributed by atoms with van der Waals surface area (Å²) in [7, 11) is 0. The highest BCUT2D eigenvalue weighted by atomic mass is 16.2. The van der Waals surface area contributed by atoms with Gasteiger partial charge in [0.25, 0.3) is 0 Å². The molecule has 0 rings (SSSR count). The van der Waals surface area contributed by atoms with E-state index in [-0.39, 0.29) is 6.03 Å². The van der Waals surface area contributed by atoms with Crippen LogP contribution in [0.25, 0.3) is 0 Å². The summed E-state index contributed by atoms with van der Waals surface area (Å²) in [5.41, 5.74) is 0. The van der Waals surface area contributed by atoms with Crippen LogP contribution in [0.2, 0.25) is 0 Å². The molecule has 0 bridgehead atoms. The molecule has 0 aliphatic carbocycles. The van der Waals surface area contributed by atoms with E-state index >= 15 is 0 Å². The minimum absolute atomic E-state index is 0.0683. The van der Waals surface area contributed by atoms with Gasteiger partial charge in [-0.3, -0.25) is 0 Å². The van der Waals surface area contributed by atoms with E-state index < -0.39 is 0 Å². The van der Waals surface area contributed by atoms with Gasteiger partial charge in [-0.1, -0.05) is 13.8 Å². The number of amides is 2. The molecule has 0 aromatic rings. The van der Waals surface area contributed by atoms with Crippen LogP contribution in [-0.2, 0) is 0 Å². The highest BCUT2D eigenvalue weighted by Crippen LogP contribution is 2.01. The van der Waals surface area contributed by atoms with Gasteiger partial charge in [0.05, 0.1) is 0 Å². The van der Waals surface area contributed by atoms with Gasteiger partial charge < -0.3 is 10.2 Å². The van der Waals surface area contributed by atoms with Gasteiger partial charge in [-0.2, -0.15) is 0 Å². The molecule has 3 heteroatoms. The third-order valence-electron chi connectivity index (χ3n) is 2.29. The van der Waals surface area contributed by atoms with E-state index in [0.717, 1.165) is 32.0 Å². The van der Waals surface area contributed by atoms with Crippen LogP contribution in [0.4, 0.5) is 4.79 Å². The van der Waals surface area contributed by atoms with Gasteiger partial charge in [-0.25, -0.2) is 4.79 Å². The molecule has 14 heavy (non-hydrogen) atoms. The lowest BCUT2D eigenvalue weighted by Crippen LogP contribution is -2.40. The van der Waals surface area contributed by atoms with Crippen molar-refractivity contribution in [1.29, 1.82) is 0 Å². The standard InChI is InChI=1S/C11H24N2O/c1-5-13(6-2)11(14)12-9-7-8-10(3)4/h10H,5-9H2,1-4H3,(H,12,14). The maximum absolute atomic E-state index is 11.5. The second-order valence-electron chi connectivity index (χ2n) is 3.94. The third-order valence-corrected chi connectivity index (χ3v) is 2.29. The van der Waals surface area contributed by atoms with E-state index in [0.29, 0.717) is 0 Å². The zero-order valence-corrected chi connectivity index (χ0v) is 9.97. The van der Waals surface area contributed by atoms with Gasteiger partial charge in [-0.15, -0.1) is 0 Å². The van der Waals surface area contributed by atoms with Crippen LogP contribution in [0, 0.1) is 5.92 Å². The summed E-state index contributed by atoms with van der Waals surface area (Å²) in [4.78, 5) is 13.3. The smallest absolute Gasteiger partial charge is 0.317 e. The van der Waals surface area contributed by atoms with Gasteiger partial charge in [0.1, 0.15) is 0 Å². The fraction of sp³-hybridized carbons (Fsp3) is 0.909. The first-order valence-corrected chi connectivity index (χ1v) is 5.64. The van der Waals surface area contributed by atoms with Crippen molar-refractivity contribution in [2.24, 2.45) is 5.92 Å². The van der Waals surface area contributed by atoms with E-state index in [1.54, 1.807) is 4.90 Å². The number of carbonyl (C=O) groups is 1. The molecular weight excluding hydrogens is 176 g/mol. The highest BCUT2D eigenvalue weighted by Gasteiger charge is 2.07. The molecule has 1 N–H and O–H groups in total. The second kappa shape index (κ2) is 7.65. The van der Waals surface area contributed by atoms with Gasteiger partial charge >= 0.3 is 6.03 Å². The van der Waals surface area contributed by atoms with Crippen LogP contribution in [0.15, 0.2) is 0 Å². The van der Waals surface area contributed by atoms with Gasteiger partial charge in [0, 0.05) is 19.6 Å². The van der Waals surface area contributed by atoms with Crippen LogP contribution in [0.3, 0.4) is 0 Å². The number of carbonyl (C=O) groups excluding carboxylic acids is 1. The summed E-state index contributed by atoms with van der Waals surface area (Å²) in [6, 6.07) is 0.0683. The molecule has 0 aromatic heterocycles. The molecule has 0 saturated heterocycles. The molecule has 0 radical (unpaired) electrons. The lowest BCUT2D eigenvalue weighted by molar-refractivity contribution is 0.203. The Labute approximate surface area is 87.9 Å². The second-order valence-corrected chi connectivity index (χ2v) is 3.94. The van der Waals surface area contributed by atoms with Crippen LogP contribution < -0.4 is 5.32 Å². The molecule has 0 fully saturated rings. The lowest BCUT2D eigenvalue weighted by atomic mass is 10.1. The predicted octanol–water partition coefficient (Wildman–Crippen LogP) is 2.47. The van der Waals surface area contributed by atoms with Crippen molar-refractivity contribution in [2.45, 2.75) is 40.5 Å². The Morgan fingerprint density at radius 1 is 1.29 bits per heavy atom. The number of urea groups is 1. The van der Waals surface area contributed by atoms with Crippen molar-refractivity contribution in [1.82, 2.24) is 10.2 Å². The summed E-state index contributed by atoms with van der Waals surface area (Å²) in [5, 5.41) is 2.93. The first kappa shape index (κ1) is 13.3. The fourth-order valence-corrected chi connectivity index (χ4v) is 1.33. The molecule has 0 atom stereocenters. The number of hydrogen-bond donors (Lipinski definition) is 1. The average Bonchev–Trinajstić information content (AvgIpc) is 2.14. The summed E-state index contributed by atoms with van der Waals surface area (Å²) >= 11 is 0. The summed E-state index contributed by atoms with van der Waals surface area (Å²) < 4.78 is 0. The Morgan fingerprint density at radius 2 is 1.86 bits per heavy atom. The van der Waals surface area contributed by atoms with Crippen LogP contribution >= 0.6 is 0 Å². The molecule has 0 aliphatic rings. The van der Waals surface area contributed by atoms with Crippen molar-refractivity contribution >= 4 is 6.03 Å². The summed E-state index contributed by atoms with van der Waals surface area (Å²) in [6.07, 6.45) is 2.25. The molecule has 2 amide bonds. The van der Waals surface area contributed by atoms with Gasteiger partial charge in [0.2, 0.25) is 0 Å². The Morgan fingerprint density at radius 3 is 2.29 bits per heavy atom. The molecule has 0 unspecified atom stereocenters. The summed E-state index contributed by atoms with van der Waals surface area (Å²) in [5.74, 6) is 0.723. The zero-order valence-electron chi connectivity index (χ0n) is 9.97. The highest BCUT2D eigenvalue weighted by molar-refractivity contribution is 5.73. The van der Waals surface area contributed by atoms with E-state index in [9.17, 15) is 4.79 Å². The van der Waals surface area contributed by atoms with Crippen LogP contribution in [0.5, 0.6) is 0 Å². The average molecular weight is 200 g/mol. The molecule has 3 nitrogen and oxygen atoms in total. The van der Waals surface area contributed by atoms with Crippen molar-refractivity contribution in [3.05, 3.63) is 0 Å². The van der Waals surface area contributed by atoms with E-state index in [1.165, 1.54) is 6.42 Å². The molecule has 0 aromatic carbocycles. The van der Waals surface area contributed by atoms with Crippen molar-refractivity contribution in [3.63, 3.8) is 0 Å². The van der Waals surface area contributed by atoms with Crippen molar-refractivity contribution in [3.8, 4) is 0 Å². The van der Waals surface area contributed by atoms with Crippen molar-refractivity contribution in [2.75, 3.05) is 19.6 Å².